The van der Waals surface area contributed by atoms with Crippen molar-refractivity contribution in [2.75, 3.05) is 10.6 Å². The minimum atomic E-state index is -0.00919. The van der Waals surface area contributed by atoms with Gasteiger partial charge in [0.15, 0.2) is 0 Å². The van der Waals surface area contributed by atoms with Crippen molar-refractivity contribution in [1.82, 2.24) is 0 Å². The molecule has 0 aliphatic carbocycles. The molecule has 0 atom stereocenters. The standard InChI is InChI=1S/C15H17BrN2OS/c1-10(2)15(19)18-12-5-3-11(4-6-12)17-9-13-7-8-14(16)20-13/h3-8,10,17H,9H2,1-2H3,(H,18,19). The van der Waals surface area contributed by atoms with E-state index in [9.17, 15) is 4.79 Å². The Morgan fingerprint density at radius 1 is 1.15 bits per heavy atom. The fraction of sp³-hybridized carbons (Fsp3) is 0.267. The second-order valence-electron chi connectivity index (χ2n) is 4.78. The molecule has 1 aromatic heterocycles. The third kappa shape index (κ3) is 4.35. The third-order valence-corrected chi connectivity index (χ3v) is 4.40. The fourth-order valence-electron chi connectivity index (χ4n) is 1.59. The van der Waals surface area contributed by atoms with Crippen LogP contribution in [0.5, 0.6) is 0 Å². The van der Waals surface area contributed by atoms with Gasteiger partial charge in [0.2, 0.25) is 5.91 Å². The summed E-state index contributed by atoms with van der Waals surface area (Å²) in [6, 6.07) is 11.9. The Kier molecular flexibility index (Phi) is 5.20. The Balaban J connectivity index is 1.89. The number of hydrogen-bond donors (Lipinski definition) is 2. The number of halogens is 1. The first kappa shape index (κ1) is 15.1. The van der Waals surface area contributed by atoms with Crippen LogP contribution in [0.2, 0.25) is 0 Å². The molecule has 1 heterocycles. The molecule has 20 heavy (non-hydrogen) atoms. The number of carbonyl (C=O) groups is 1. The second-order valence-corrected chi connectivity index (χ2v) is 7.33. The molecule has 0 spiro atoms. The lowest BCUT2D eigenvalue weighted by molar-refractivity contribution is -0.118. The van der Waals surface area contributed by atoms with Gasteiger partial charge in [-0.1, -0.05) is 13.8 Å². The van der Waals surface area contributed by atoms with E-state index in [2.05, 4.69) is 32.6 Å². The Hall–Kier alpha value is -1.33. The van der Waals surface area contributed by atoms with Gasteiger partial charge in [0, 0.05) is 28.7 Å². The van der Waals surface area contributed by atoms with E-state index in [1.807, 2.05) is 44.2 Å². The fourth-order valence-corrected chi connectivity index (χ4v) is 3.02. The van der Waals surface area contributed by atoms with Crippen molar-refractivity contribution in [3.8, 4) is 0 Å². The second kappa shape index (κ2) is 6.90. The van der Waals surface area contributed by atoms with Gasteiger partial charge in [-0.25, -0.2) is 0 Å². The minimum absolute atomic E-state index is 0.00919. The van der Waals surface area contributed by atoms with Crippen molar-refractivity contribution < 1.29 is 4.79 Å². The van der Waals surface area contributed by atoms with Crippen LogP contribution in [0.4, 0.5) is 11.4 Å². The van der Waals surface area contributed by atoms with Crippen LogP contribution in [-0.4, -0.2) is 5.91 Å². The molecule has 5 heteroatoms. The van der Waals surface area contributed by atoms with E-state index in [0.717, 1.165) is 21.7 Å². The van der Waals surface area contributed by atoms with E-state index in [0.29, 0.717) is 0 Å². The van der Waals surface area contributed by atoms with Crippen LogP contribution in [0.1, 0.15) is 18.7 Å². The predicted molar refractivity (Wildman–Crippen MR) is 89.3 cm³/mol. The summed E-state index contributed by atoms with van der Waals surface area (Å²) in [7, 11) is 0. The highest BCUT2D eigenvalue weighted by atomic mass is 79.9. The summed E-state index contributed by atoms with van der Waals surface area (Å²) in [6.45, 7) is 4.56. The molecule has 2 N–H and O–H groups in total. The maximum Gasteiger partial charge on any atom is 0.226 e. The van der Waals surface area contributed by atoms with Gasteiger partial charge in [0.05, 0.1) is 3.79 Å². The van der Waals surface area contributed by atoms with Gasteiger partial charge in [0.25, 0.3) is 0 Å². The highest BCUT2D eigenvalue weighted by molar-refractivity contribution is 9.11. The van der Waals surface area contributed by atoms with Gasteiger partial charge in [-0.05, 0) is 52.3 Å². The average molecular weight is 353 g/mol. The Morgan fingerprint density at radius 2 is 1.80 bits per heavy atom. The molecule has 0 saturated carbocycles. The number of carbonyl (C=O) groups excluding carboxylic acids is 1. The lowest BCUT2D eigenvalue weighted by Gasteiger charge is -2.09. The number of rotatable bonds is 5. The van der Waals surface area contributed by atoms with E-state index in [-0.39, 0.29) is 11.8 Å². The van der Waals surface area contributed by atoms with Gasteiger partial charge in [-0.3, -0.25) is 4.79 Å². The van der Waals surface area contributed by atoms with Crippen molar-refractivity contribution >= 4 is 44.5 Å². The lowest BCUT2D eigenvalue weighted by atomic mass is 10.2. The summed E-state index contributed by atoms with van der Waals surface area (Å²) in [4.78, 5) is 12.9. The summed E-state index contributed by atoms with van der Waals surface area (Å²) in [5.41, 5.74) is 1.87. The van der Waals surface area contributed by atoms with Gasteiger partial charge in [0.1, 0.15) is 0 Å². The molecular weight excluding hydrogens is 336 g/mol. The molecular formula is C15H17BrN2OS. The molecule has 0 radical (unpaired) electrons. The van der Waals surface area contributed by atoms with Crippen LogP contribution in [0, 0.1) is 5.92 Å². The maximum atomic E-state index is 11.6. The summed E-state index contributed by atoms with van der Waals surface area (Å²) >= 11 is 5.17. The smallest absolute Gasteiger partial charge is 0.226 e. The predicted octanol–water partition coefficient (Wildman–Crippen LogP) is 4.72. The molecule has 2 rings (SSSR count). The van der Waals surface area contributed by atoms with E-state index in [1.165, 1.54) is 4.88 Å². The normalized spacial score (nSPS) is 10.6. The molecule has 106 valence electrons. The lowest BCUT2D eigenvalue weighted by Crippen LogP contribution is -2.17. The van der Waals surface area contributed by atoms with Crippen LogP contribution in [-0.2, 0) is 11.3 Å². The van der Waals surface area contributed by atoms with Crippen LogP contribution >= 0.6 is 27.3 Å². The number of hydrogen-bond acceptors (Lipinski definition) is 3. The zero-order chi connectivity index (χ0) is 14.5. The molecule has 0 unspecified atom stereocenters. The molecule has 0 fully saturated rings. The monoisotopic (exact) mass is 352 g/mol. The Labute approximate surface area is 131 Å². The topological polar surface area (TPSA) is 41.1 Å². The zero-order valence-electron chi connectivity index (χ0n) is 11.4. The zero-order valence-corrected chi connectivity index (χ0v) is 13.8. The van der Waals surface area contributed by atoms with Crippen LogP contribution in [0.25, 0.3) is 0 Å². The molecule has 1 aromatic carbocycles. The van der Waals surface area contributed by atoms with Crippen LogP contribution in [0.3, 0.4) is 0 Å². The molecule has 1 amide bonds. The van der Waals surface area contributed by atoms with Crippen molar-refractivity contribution in [1.29, 1.82) is 0 Å². The number of anilines is 2. The van der Waals surface area contributed by atoms with Gasteiger partial charge < -0.3 is 10.6 Å². The quantitative estimate of drug-likeness (QED) is 0.817. The highest BCUT2D eigenvalue weighted by Crippen LogP contribution is 2.23. The number of amides is 1. The van der Waals surface area contributed by atoms with E-state index >= 15 is 0 Å². The van der Waals surface area contributed by atoms with Crippen molar-refractivity contribution in [2.24, 2.45) is 5.92 Å². The number of nitrogens with one attached hydrogen (secondary N) is 2. The maximum absolute atomic E-state index is 11.6. The molecule has 3 nitrogen and oxygen atoms in total. The van der Waals surface area contributed by atoms with Crippen LogP contribution in [0.15, 0.2) is 40.2 Å². The van der Waals surface area contributed by atoms with Gasteiger partial charge in [-0.15, -0.1) is 11.3 Å². The van der Waals surface area contributed by atoms with Crippen molar-refractivity contribution in [2.45, 2.75) is 20.4 Å². The minimum Gasteiger partial charge on any atom is -0.380 e. The van der Waals surface area contributed by atoms with E-state index in [4.69, 9.17) is 0 Å². The van der Waals surface area contributed by atoms with E-state index < -0.39 is 0 Å². The SMILES string of the molecule is CC(C)C(=O)Nc1ccc(NCc2ccc(Br)s2)cc1. The highest BCUT2D eigenvalue weighted by Gasteiger charge is 2.06. The number of thiophene rings is 1. The first-order valence-corrected chi connectivity index (χ1v) is 8.04. The van der Waals surface area contributed by atoms with Crippen molar-refractivity contribution in [3.63, 3.8) is 0 Å². The summed E-state index contributed by atoms with van der Waals surface area (Å²) in [5.74, 6) is 0.0271. The first-order valence-electron chi connectivity index (χ1n) is 6.43. The summed E-state index contributed by atoms with van der Waals surface area (Å²) in [5, 5.41) is 6.23. The van der Waals surface area contributed by atoms with Crippen LogP contribution < -0.4 is 10.6 Å². The largest absolute Gasteiger partial charge is 0.380 e. The molecule has 0 aliphatic heterocycles. The Morgan fingerprint density at radius 3 is 2.35 bits per heavy atom. The van der Waals surface area contributed by atoms with Gasteiger partial charge >= 0.3 is 0 Å². The first-order chi connectivity index (χ1) is 9.54. The Bertz CT molecular complexity index is 578. The average Bonchev–Trinajstić information content (AvgIpc) is 2.83. The molecule has 0 bridgehead atoms. The third-order valence-electron chi connectivity index (χ3n) is 2.77. The summed E-state index contributed by atoms with van der Waals surface area (Å²) in [6.07, 6.45) is 0. The van der Waals surface area contributed by atoms with Crippen molar-refractivity contribution in [3.05, 3.63) is 45.1 Å². The van der Waals surface area contributed by atoms with E-state index in [1.54, 1.807) is 11.3 Å². The molecule has 2 aromatic rings. The number of benzene rings is 1. The van der Waals surface area contributed by atoms with Gasteiger partial charge in [-0.2, -0.15) is 0 Å². The molecule has 0 saturated heterocycles. The summed E-state index contributed by atoms with van der Waals surface area (Å²) < 4.78 is 1.14. The molecule has 0 aliphatic rings.